The number of rotatable bonds is 8. The fourth-order valence-corrected chi connectivity index (χ4v) is 3.93. The second-order valence-electron chi connectivity index (χ2n) is 6.82. The maximum absolute atomic E-state index is 12.3. The summed E-state index contributed by atoms with van der Waals surface area (Å²) in [5.41, 5.74) is 2.42. The maximum atomic E-state index is 12.3. The molecule has 0 aliphatic carbocycles. The van der Waals surface area contributed by atoms with Gasteiger partial charge in [-0.1, -0.05) is 35.5 Å². The Kier molecular flexibility index (Phi) is 6.60. The van der Waals surface area contributed by atoms with Gasteiger partial charge in [-0.2, -0.15) is 0 Å². The van der Waals surface area contributed by atoms with Gasteiger partial charge in [-0.15, -0.1) is 16.4 Å². The minimum absolute atomic E-state index is 0.206. The van der Waals surface area contributed by atoms with Gasteiger partial charge < -0.3 is 10.1 Å². The van der Waals surface area contributed by atoms with Crippen LogP contribution >= 0.6 is 11.3 Å². The highest BCUT2D eigenvalue weighted by Gasteiger charge is 2.13. The number of morpholine rings is 1. The van der Waals surface area contributed by atoms with Crippen LogP contribution in [-0.2, 0) is 17.7 Å². The first kappa shape index (κ1) is 19.7. The molecule has 4 rings (SSSR count). The van der Waals surface area contributed by atoms with Crippen LogP contribution in [0.4, 0.5) is 0 Å². The topological polar surface area (TPSA) is 85.2 Å². The smallest absolute Gasteiger partial charge is 0.273 e. The molecule has 0 spiro atoms. The zero-order valence-corrected chi connectivity index (χ0v) is 17.0. The van der Waals surface area contributed by atoms with E-state index in [0.717, 1.165) is 49.1 Å². The maximum Gasteiger partial charge on any atom is 0.273 e. The molecule has 152 valence electrons. The van der Waals surface area contributed by atoms with E-state index in [1.54, 1.807) is 22.2 Å². The largest absolute Gasteiger partial charge is 0.379 e. The fourth-order valence-electron chi connectivity index (χ4n) is 3.12. The van der Waals surface area contributed by atoms with E-state index in [1.807, 2.05) is 35.7 Å². The van der Waals surface area contributed by atoms with E-state index in [2.05, 4.69) is 25.5 Å². The first-order valence-electron chi connectivity index (χ1n) is 9.76. The van der Waals surface area contributed by atoms with Crippen LogP contribution in [0.2, 0.25) is 0 Å². The second kappa shape index (κ2) is 9.73. The van der Waals surface area contributed by atoms with Crippen molar-refractivity contribution in [2.45, 2.75) is 13.0 Å². The Morgan fingerprint density at radius 1 is 1.17 bits per heavy atom. The number of carbonyl (C=O) groups excluding carboxylic acids is 1. The summed E-state index contributed by atoms with van der Waals surface area (Å²) >= 11 is 1.61. The zero-order valence-electron chi connectivity index (χ0n) is 16.2. The van der Waals surface area contributed by atoms with E-state index in [4.69, 9.17) is 4.74 Å². The zero-order chi connectivity index (χ0) is 19.9. The second-order valence-corrected chi connectivity index (χ2v) is 7.76. The van der Waals surface area contributed by atoms with Crippen LogP contribution in [0, 0.1) is 0 Å². The Hall–Kier alpha value is -2.62. The molecule has 1 saturated heterocycles. The number of hydrogen-bond donors (Lipinski definition) is 1. The number of aromatic nitrogens is 4. The van der Waals surface area contributed by atoms with Crippen LogP contribution in [0.15, 0.2) is 41.9 Å². The summed E-state index contributed by atoms with van der Waals surface area (Å²) < 4.78 is 7.07. The average Bonchev–Trinajstić information content (AvgIpc) is 3.44. The molecule has 0 atom stereocenters. The lowest BCUT2D eigenvalue weighted by molar-refractivity contribution is 0.0359. The van der Waals surface area contributed by atoms with Crippen molar-refractivity contribution >= 4 is 17.2 Å². The number of carbonyl (C=O) groups is 1. The Labute approximate surface area is 173 Å². The van der Waals surface area contributed by atoms with Gasteiger partial charge in [0.05, 0.1) is 36.7 Å². The summed E-state index contributed by atoms with van der Waals surface area (Å²) in [7, 11) is 0. The quantitative estimate of drug-likeness (QED) is 0.606. The first-order chi connectivity index (χ1) is 14.3. The van der Waals surface area contributed by atoms with Crippen molar-refractivity contribution in [3.05, 3.63) is 52.6 Å². The van der Waals surface area contributed by atoms with Gasteiger partial charge in [-0.05, 0) is 0 Å². The van der Waals surface area contributed by atoms with Crippen LogP contribution in [0.25, 0.3) is 11.3 Å². The summed E-state index contributed by atoms with van der Waals surface area (Å²) in [4.78, 5) is 19.3. The molecular weight excluding hydrogens is 388 g/mol. The molecule has 1 aliphatic rings. The van der Waals surface area contributed by atoms with Crippen LogP contribution in [0.3, 0.4) is 0 Å². The van der Waals surface area contributed by atoms with Crippen LogP contribution in [0.1, 0.15) is 15.5 Å². The van der Waals surface area contributed by atoms with Gasteiger partial charge in [0.15, 0.2) is 5.69 Å². The lowest BCUT2D eigenvalue weighted by Gasteiger charge is -2.26. The number of amides is 1. The molecule has 9 heteroatoms. The van der Waals surface area contributed by atoms with E-state index in [9.17, 15) is 4.79 Å². The molecule has 8 nitrogen and oxygen atoms in total. The molecule has 0 bridgehead atoms. The molecule has 2 aromatic heterocycles. The van der Waals surface area contributed by atoms with Crippen molar-refractivity contribution in [1.82, 2.24) is 30.2 Å². The average molecular weight is 413 g/mol. The van der Waals surface area contributed by atoms with Gasteiger partial charge in [0.1, 0.15) is 0 Å². The predicted molar refractivity (Wildman–Crippen MR) is 111 cm³/mol. The van der Waals surface area contributed by atoms with Crippen LogP contribution in [-0.4, -0.2) is 70.2 Å². The summed E-state index contributed by atoms with van der Waals surface area (Å²) in [5.74, 6) is -0.206. The number of ether oxygens (including phenoxy) is 1. The molecule has 3 heterocycles. The van der Waals surface area contributed by atoms with Gasteiger partial charge >= 0.3 is 0 Å². The monoisotopic (exact) mass is 412 g/mol. The van der Waals surface area contributed by atoms with Crippen molar-refractivity contribution < 1.29 is 9.53 Å². The molecule has 1 amide bonds. The van der Waals surface area contributed by atoms with E-state index in [-0.39, 0.29) is 5.91 Å². The molecule has 0 unspecified atom stereocenters. The lowest BCUT2D eigenvalue weighted by atomic mass is 10.2. The molecule has 3 aromatic rings. The van der Waals surface area contributed by atoms with E-state index in [1.165, 1.54) is 0 Å². The van der Waals surface area contributed by atoms with Gasteiger partial charge in [0, 0.05) is 43.5 Å². The number of benzene rings is 1. The van der Waals surface area contributed by atoms with Gasteiger partial charge in [0.25, 0.3) is 5.91 Å². The third kappa shape index (κ3) is 5.47. The SMILES string of the molecule is O=C(NCCc1nc(-c2ccccc2)cs1)c1cn(CCN2CCOCC2)nn1. The van der Waals surface area contributed by atoms with Crippen LogP contribution < -0.4 is 5.32 Å². The Morgan fingerprint density at radius 2 is 2.00 bits per heavy atom. The number of nitrogens with zero attached hydrogens (tertiary/aromatic N) is 5. The third-order valence-corrected chi connectivity index (χ3v) is 5.67. The molecular formula is C20H24N6O2S. The van der Waals surface area contributed by atoms with Gasteiger partial charge in [-0.25, -0.2) is 4.98 Å². The Morgan fingerprint density at radius 3 is 2.83 bits per heavy atom. The van der Waals surface area contributed by atoms with Crippen molar-refractivity contribution in [2.24, 2.45) is 0 Å². The molecule has 1 fully saturated rings. The predicted octanol–water partition coefficient (Wildman–Crippen LogP) is 1.71. The van der Waals surface area contributed by atoms with E-state index >= 15 is 0 Å². The molecule has 0 radical (unpaired) electrons. The number of thiazole rings is 1. The van der Waals surface area contributed by atoms with Crippen molar-refractivity contribution in [2.75, 3.05) is 39.4 Å². The Balaban J connectivity index is 1.22. The summed E-state index contributed by atoms with van der Waals surface area (Å²) in [5, 5.41) is 14.0. The molecule has 1 N–H and O–H groups in total. The third-order valence-electron chi connectivity index (χ3n) is 4.77. The summed E-state index contributed by atoms with van der Waals surface area (Å²) in [6.45, 7) is 5.52. The standard InChI is InChI=1S/C20H24N6O2S/c27-20(17-14-26(24-23-17)9-8-25-10-12-28-13-11-25)21-7-6-19-22-18(15-29-19)16-4-2-1-3-5-16/h1-5,14-15H,6-13H2,(H,21,27). The normalized spacial score (nSPS) is 14.8. The molecule has 29 heavy (non-hydrogen) atoms. The Bertz CT molecular complexity index is 920. The van der Waals surface area contributed by atoms with Gasteiger partial charge in [-0.3, -0.25) is 14.4 Å². The van der Waals surface area contributed by atoms with Crippen molar-refractivity contribution in [3.8, 4) is 11.3 Å². The minimum atomic E-state index is -0.206. The minimum Gasteiger partial charge on any atom is -0.379 e. The highest BCUT2D eigenvalue weighted by Crippen LogP contribution is 2.21. The molecule has 1 aliphatic heterocycles. The van der Waals surface area contributed by atoms with Crippen molar-refractivity contribution in [1.29, 1.82) is 0 Å². The first-order valence-corrected chi connectivity index (χ1v) is 10.6. The number of hydrogen-bond acceptors (Lipinski definition) is 7. The number of nitrogens with one attached hydrogen (secondary N) is 1. The summed E-state index contributed by atoms with van der Waals surface area (Å²) in [6.07, 6.45) is 2.39. The van der Waals surface area contributed by atoms with Crippen LogP contribution in [0.5, 0.6) is 0 Å². The van der Waals surface area contributed by atoms with Crippen molar-refractivity contribution in [3.63, 3.8) is 0 Å². The molecule has 1 aromatic carbocycles. The van der Waals surface area contributed by atoms with Gasteiger partial charge in [0.2, 0.25) is 0 Å². The summed E-state index contributed by atoms with van der Waals surface area (Å²) in [6, 6.07) is 10.1. The highest BCUT2D eigenvalue weighted by molar-refractivity contribution is 7.09. The fraction of sp³-hybridized carbons (Fsp3) is 0.400. The van der Waals surface area contributed by atoms with E-state index < -0.39 is 0 Å². The lowest BCUT2D eigenvalue weighted by Crippen LogP contribution is -2.38. The van der Waals surface area contributed by atoms with E-state index in [0.29, 0.717) is 25.2 Å². The highest BCUT2D eigenvalue weighted by atomic mass is 32.1. The molecule has 0 saturated carbocycles.